The van der Waals surface area contributed by atoms with Gasteiger partial charge in [-0.2, -0.15) is 0 Å². The van der Waals surface area contributed by atoms with Gasteiger partial charge in [0.2, 0.25) is 23.6 Å². The fourth-order valence-electron chi connectivity index (χ4n) is 8.96. The van der Waals surface area contributed by atoms with Gasteiger partial charge in [0, 0.05) is 53.4 Å². The number of amides is 6. The van der Waals surface area contributed by atoms with Crippen LogP contribution >= 0.6 is 0 Å². The van der Waals surface area contributed by atoms with Gasteiger partial charge in [-0.1, -0.05) is 121 Å². The summed E-state index contributed by atoms with van der Waals surface area (Å²) >= 11 is 0. The van der Waals surface area contributed by atoms with Crippen LogP contribution in [0.3, 0.4) is 0 Å². The minimum atomic E-state index is -1.74. The second kappa shape index (κ2) is 35.1. The normalized spacial score (nSPS) is 16.2. The summed E-state index contributed by atoms with van der Waals surface area (Å²) in [6.45, 7) is 1.64. The second-order valence-electron chi connectivity index (χ2n) is 18.6. The Morgan fingerprint density at radius 1 is 0.519 bits per heavy atom. The first-order valence-corrected chi connectivity index (χ1v) is 25.7. The first kappa shape index (κ1) is 64.0. The number of alkyl carbamates (subject to hydrolysis) is 2. The van der Waals surface area contributed by atoms with Gasteiger partial charge >= 0.3 is 64.2 Å². The molecular weight excluding hydrogens is 1020 g/mol. The van der Waals surface area contributed by atoms with Gasteiger partial charge in [-0.05, 0) is 73.6 Å². The standard InChI is InChI=1S/2C27H36BN3O7.Ca/c2*1-37-17-9-15-24(28(35)36)30-25(32)23-14-8-16-31(23)26(33)22(18-20-10-4-2-5-11-20)29-27(34)38-19-21-12-6-3-7-13-21;/h2*2-7,10-13,22-24,35-36H,8-9,14-19H2,1H3,(H,29,34)(H,30,32);/q;;+2/t2*22-,23+,24-;/m11./s1. The third kappa shape index (κ3) is 22.0. The Morgan fingerprint density at radius 2 is 0.844 bits per heavy atom. The number of nitrogens with one attached hydrogen (secondary N) is 4. The average molecular weight is 1090 g/mol. The minimum Gasteiger partial charge on any atom is -0.445 e. The molecule has 2 aliphatic rings. The number of hydrogen-bond acceptors (Lipinski definition) is 14. The molecule has 6 rings (SSSR count). The molecule has 0 radical (unpaired) electrons. The average Bonchev–Trinajstić information content (AvgIpc) is 4.15. The Labute approximate surface area is 481 Å². The van der Waals surface area contributed by atoms with Crippen molar-refractivity contribution in [3.8, 4) is 0 Å². The van der Waals surface area contributed by atoms with Crippen LogP contribution < -0.4 is 21.3 Å². The molecule has 0 aliphatic carbocycles. The summed E-state index contributed by atoms with van der Waals surface area (Å²) in [4.78, 5) is 81.7. The predicted molar refractivity (Wildman–Crippen MR) is 289 cm³/mol. The number of carbonyl (C=O) groups is 6. The Morgan fingerprint density at radius 3 is 1.16 bits per heavy atom. The van der Waals surface area contributed by atoms with Crippen molar-refractivity contribution < 1.29 is 67.8 Å². The van der Waals surface area contributed by atoms with E-state index in [1.165, 1.54) is 9.80 Å². The van der Waals surface area contributed by atoms with Crippen LogP contribution in [0.5, 0.6) is 0 Å². The fraction of sp³-hybridized carbons (Fsp3) is 0.444. The van der Waals surface area contributed by atoms with Crippen LogP contribution in [0, 0.1) is 0 Å². The van der Waals surface area contributed by atoms with E-state index in [0.717, 1.165) is 22.3 Å². The van der Waals surface area contributed by atoms with Crippen molar-refractivity contribution in [2.24, 2.45) is 0 Å². The van der Waals surface area contributed by atoms with E-state index in [9.17, 15) is 48.9 Å². The van der Waals surface area contributed by atoms with Gasteiger partial charge < -0.3 is 70.1 Å². The Kier molecular flexibility index (Phi) is 29.1. The molecule has 2 saturated heterocycles. The van der Waals surface area contributed by atoms with E-state index in [1.807, 2.05) is 121 Å². The summed E-state index contributed by atoms with van der Waals surface area (Å²) in [7, 11) is -0.397. The first-order valence-electron chi connectivity index (χ1n) is 25.7. The van der Waals surface area contributed by atoms with Gasteiger partial charge in [0.1, 0.15) is 37.4 Å². The van der Waals surface area contributed by atoms with Crippen LogP contribution in [0.1, 0.15) is 73.6 Å². The number of methoxy groups -OCH3 is 2. The van der Waals surface area contributed by atoms with E-state index in [1.54, 1.807) is 14.2 Å². The quantitative estimate of drug-likeness (QED) is 0.0332. The molecule has 4 aromatic rings. The molecule has 23 heteroatoms. The van der Waals surface area contributed by atoms with Gasteiger partial charge in [0.15, 0.2) is 0 Å². The van der Waals surface area contributed by atoms with Crippen molar-refractivity contribution in [1.29, 1.82) is 0 Å². The molecule has 77 heavy (non-hydrogen) atoms. The van der Waals surface area contributed by atoms with E-state index < -0.39 is 86.1 Å². The van der Waals surface area contributed by atoms with Crippen molar-refractivity contribution in [2.45, 2.75) is 113 Å². The number of rotatable bonds is 26. The Balaban J connectivity index is 0.000000328. The molecular formula is C54H72B2CaN6O14+2. The largest absolute Gasteiger partial charge is 2.00 e. The van der Waals surface area contributed by atoms with Crippen molar-refractivity contribution in [1.82, 2.24) is 31.1 Å². The van der Waals surface area contributed by atoms with Gasteiger partial charge in [-0.3, -0.25) is 19.2 Å². The van der Waals surface area contributed by atoms with Gasteiger partial charge in [-0.25, -0.2) is 9.59 Å². The molecule has 6 atom stereocenters. The first-order chi connectivity index (χ1) is 36.8. The van der Waals surface area contributed by atoms with Crippen molar-refractivity contribution in [3.63, 3.8) is 0 Å². The van der Waals surface area contributed by atoms with Crippen molar-refractivity contribution >= 4 is 87.8 Å². The Bertz CT molecular complexity index is 2220. The summed E-state index contributed by atoms with van der Waals surface area (Å²) < 4.78 is 20.7. The zero-order chi connectivity index (χ0) is 54.7. The fourth-order valence-corrected chi connectivity index (χ4v) is 8.96. The molecule has 0 spiro atoms. The Hall–Kier alpha value is -5.55. The van der Waals surface area contributed by atoms with Crippen LogP contribution in [-0.2, 0) is 64.2 Å². The molecule has 0 unspecified atom stereocenters. The van der Waals surface area contributed by atoms with E-state index >= 15 is 0 Å². The molecule has 20 nitrogen and oxygen atoms in total. The molecule has 2 heterocycles. The van der Waals surface area contributed by atoms with Crippen LogP contribution in [0.15, 0.2) is 121 Å². The summed E-state index contributed by atoms with van der Waals surface area (Å²) in [6.07, 6.45) is 2.73. The van der Waals surface area contributed by atoms with E-state index in [4.69, 9.17) is 18.9 Å². The van der Waals surface area contributed by atoms with Gasteiger partial charge in [0.05, 0.1) is 11.9 Å². The third-order valence-corrected chi connectivity index (χ3v) is 13.0. The number of ether oxygens (including phenoxy) is 4. The smallest absolute Gasteiger partial charge is 0.445 e. The molecule has 6 amide bonds. The number of carbonyl (C=O) groups excluding carboxylic acids is 6. The molecule has 4 aromatic carbocycles. The molecule has 0 aromatic heterocycles. The van der Waals surface area contributed by atoms with E-state index in [2.05, 4.69) is 21.3 Å². The maximum Gasteiger partial charge on any atom is 2.00 e. The SMILES string of the molecule is COCCC[C@@H](NC(=O)[C@@H]1CCCN1C(=O)[C@@H](Cc1ccccc1)NC(=O)OCc1ccccc1)B(O)O.COCCC[C@@H](NC(=O)[C@@H]1CCCN1C(=O)[C@@H](Cc1ccccc1)NC(=O)OCc1ccccc1)B(O)O.[Ca+2]. The maximum absolute atomic E-state index is 13.7. The summed E-state index contributed by atoms with van der Waals surface area (Å²) in [5.41, 5.74) is 3.32. The molecule has 2 aliphatic heterocycles. The molecule has 8 N–H and O–H groups in total. The maximum atomic E-state index is 13.7. The van der Waals surface area contributed by atoms with Crippen molar-refractivity contribution in [2.75, 3.05) is 40.5 Å². The van der Waals surface area contributed by atoms with E-state index in [-0.39, 0.29) is 63.8 Å². The van der Waals surface area contributed by atoms with Crippen LogP contribution in [0.4, 0.5) is 9.59 Å². The van der Waals surface area contributed by atoms with Crippen LogP contribution in [-0.4, -0.2) is 194 Å². The topological polar surface area (TPSA) is 275 Å². The molecule has 2 fully saturated rings. The minimum absolute atomic E-state index is 0. The predicted octanol–water partition coefficient (Wildman–Crippen LogP) is 2.50. The summed E-state index contributed by atoms with van der Waals surface area (Å²) in [6, 6.07) is 33.5. The molecule has 0 saturated carbocycles. The van der Waals surface area contributed by atoms with Crippen LogP contribution in [0.2, 0.25) is 0 Å². The number of likely N-dealkylation sites (tertiary alicyclic amines) is 2. The van der Waals surface area contributed by atoms with Crippen LogP contribution in [0.25, 0.3) is 0 Å². The van der Waals surface area contributed by atoms with E-state index in [0.29, 0.717) is 77.7 Å². The second-order valence-corrected chi connectivity index (χ2v) is 18.6. The number of nitrogens with zero attached hydrogens (tertiary/aromatic N) is 2. The number of benzene rings is 4. The van der Waals surface area contributed by atoms with Crippen molar-refractivity contribution in [3.05, 3.63) is 144 Å². The number of hydrogen-bond donors (Lipinski definition) is 8. The summed E-state index contributed by atoms with van der Waals surface area (Å²) in [5.74, 6) is -3.50. The monoisotopic (exact) mass is 1090 g/mol. The summed E-state index contributed by atoms with van der Waals surface area (Å²) in [5, 5.41) is 49.6. The third-order valence-electron chi connectivity index (χ3n) is 13.0. The molecule has 0 bridgehead atoms. The zero-order valence-electron chi connectivity index (χ0n) is 44.0. The molecule has 408 valence electrons. The van der Waals surface area contributed by atoms with Gasteiger partial charge in [0.25, 0.3) is 0 Å². The van der Waals surface area contributed by atoms with Gasteiger partial charge in [-0.15, -0.1) is 0 Å². The zero-order valence-corrected chi connectivity index (χ0v) is 46.2.